The van der Waals surface area contributed by atoms with Crippen LogP contribution in [-0.4, -0.2) is 0 Å². The Bertz CT molecular complexity index is 2270. The number of hydrogen-bond acceptors (Lipinski definition) is 1. The van der Waals surface area contributed by atoms with E-state index in [0.717, 1.165) is 0 Å². The Morgan fingerprint density at radius 3 is 1.73 bits per heavy atom. The predicted molar refractivity (Wildman–Crippen MR) is 142 cm³/mol. The Hall–Kier alpha value is -4.36. The summed E-state index contributed by atoms with van der Waals surface area (Å²) in [6.45, 7) is 0. The minimum Gasteiger partial charge on any atom is -0.355 e. The molecule has 0 aliphatic carbocycles. The van der Waals surface area contributed by atoms with Crippen molar-refractivity contribution in [1.29, 1.82) is 0 Å². The molecule has 6 rings (SSSR count). The van der Waals surface area contributed by atoms with Crippen LogP contribution < -0.4 is 5.32 Å². The molecule has 0 aromatic heterocycles. The normalized spacial score (nSPS) is 16.5. The van der Waals surface area contributed by atoms with Crippen molar-refractivity contribution >= 4 is 32.9 Å². The zero-order chi connectivity index (χ0) is 33.4. The molecule has 1 N–H and O–H groups in total. The van der Waals surface area contributed by atoms with Crippen molar-refractivity contribution in [3.63, 3.8) is 0 Å². The van der Waals surface area contributed by atoms with Crippen LogP contribution in [-0.2, 0) is 0 Å². The third-order valence-corrected chi connectivity index (χ3v) is 5.29. The van der Waals surface area contributed by atoms with Gasteiger partial charge in [-0.15, -0.1) is 0 Å². The van der Waals surface area contributed by atoms with E-state index >= 15 is 0 Å². The van der Waals surface area contributed by atoms with Gasteiger partial charge in [0.25, 0.3) is 0 Å². The van der Waals surface area contributed by atoms with Crippen molar-refractivity contribution in [2.75, 3.05) is 5.32 Å². The first kappa shape index (κ1) is 10.1. The summed E-state index contributed by atoms with van der Waals surface area (Å²) in [7, 11) is 0. The largest absolute Gasteiger partial charge is 0.355 e. The summed E-state index contributed by atoms with van der Waals surface area (Å²) >= 11 is 0. The second-order valence-corrected chi connectivity index (χ2v) is 7.36. The summed E-state index contributed by atoms with van der Waals surface area (Å²) in [5, 5.41) is 3.36. The molecule has 0 saturated carbocycles. The quantitative estimate of drug-likeness (QED) is 0.292. The number of rotatable bonds is 4. The van der Waals surface area contributed by atoms with Crippen LogP contribution in [0.5, 0.6) is 0 Å². The van der Waals surface area contributed by atoms with Crippen LogP contribution in [0.15, 0.2) is 133 Å². The van der Waals surface area contributed by atoms with Crippen molar-refractivity contribution in [3.05, 3.63) is 133 Å². The van der Waals surface area contributed by atoms with Crippen LogP contribution in [0, 0.1) is 0 Å². The fraction of sp³-hybridized carbons (Fsp3) is 0. The van der Waals surface area contributed by atoms with E-state index in [4.69, 9.17) is 17.8 Å². The predicted octanol–water partition coefficient (Wildman–Crippen LogP) is 9.07. The molecule has 1 nitrogen and oxygen atoms in total. The lowest BCUT2D eigenvalue weighted by molar-refractivity contribution is 1.54. The van der Waals surface area contributed by atoms with Crippen LogP contribution in [0.1, 0.15) is 17.8 Å². The molecular weight excluding hydrogens is 398 g/mol. The maximum absolute atomic E-state index is 8.66. The molecule has 0 spiro atoms. The van der Waals surface area contributed by atoms with E-state index in [1.807, 2.05) is 0 Å². The fourth-order valence-corrected chi connectivity index (χ4v) is 3.79. The van der Waals surface area contributed by atoms with Gasteiger partial charge in [-0.1, -0.05) is 109 Å². The van der Waals surface area contributed by atoms with Crippen molar-refractivity contribution in [1.82, 2.24) is 0 Å². The highest BCUT2D eigenvalue weighted by Gasteiger charge is 2.07. The topological polar surface area (TPSA) is 12.0 Å². The maximum Gasteiger partial charge on any atom is 0.0629 e. The highest BCUT2D eigenvalue weighted by molar-refractivity contribution is 5.98. The van der Waals surface area contributed by atoms with Gasteiger partial charge in [0.05, 0.1) is 17.8 Å². The zero-order valence-corrected chi connectivity index (χ0v) is 17.2. The molecule has 6 aromatic rings. The Labute approximate surface area is 212 Å². The third-order valence-electron chi connectivity index (χ3n) is 5.29. The third kappa shape index (κ3) is 3.75. The SMILES string of the molecule is [2H]c1cc2c(-c3cccc(Nc4cccc(-c5c([2H])c([2H])c([2H])c6c([2H])c([2H])c([2H])c([2H])c56)c4)c3)c([2H])c([2H])c([2H])c2c([2H])c1[2H]. The first-order valence-corrected chi connectivity index (χ1v) is 10.2. The van der Waals surface area contributed by atoms with E-state index < -0.39 is 42.3 Å². The van der Waals surface area contributed by atoms with E-state index in [1.165, 1.54) is 6.07 Å². The lowest BCUT2D eigenvalue weighted by Crippen LogP contribution is -1.92. The van der Waals surface area contributed by atoms with Crippen molar-refractivity contribution < 1.29 is 17.8 Å². The Morgan fingerprint density at radius 1 is 0.485 bits per heavy atom. The molecule has 0 aliphatic rings. The number of hydrogen-bond donors (Lipinski definition) is 1. The van der Waals surface area contributed by atoms with Gasteiger partial charge in [-0.2, -0.15) is 0 Å². The van der Waals surface area contributed by atoms with Crippen LogP contribution in [0.3, 0.4) is 0 Å². The van der Waals surface area contributed by atoms with Gasteiger partial charge in [0.2, 0.25) is 0 Å². The van der Waals surface area contributed by atoms with Crippen LogP contribution in [0.2, 0.25) is 0 Å². The Balaban J connectivity index is 1.49. The molecule has 0 fully saturated rings. The van der Waals surface area contributed by atoms with Crippen molar-refractivity contribution in [2.45, 2.75) is 0 Å². The highest BCUT2D eigenvalue weighted by Crippen LogP contribution is 2.33. The molecule has 0 aliphatic heterocycles. The van der Waals surface area contributed by atoms with Gasteiger partial charge >= 0.3 is 0 Å². The van der Waals surface area contributed by atoms with E-state index in [2.05, 4.69) is 5.32 Å². The second-order valence-electron chi connectivity index (χ2n) is 7.36. The van der Waals surface area contributed by atoms with E-state index in [-0.39, 0.29) is 68.9 Å². The number of fused-ring (bicyclic) bond motifs is 2. The van der Waals surface area contributed by atoms with E-state index in [9.17, 15) is 0 Å². The van der Waals surface area contributed by atoms with Gasteiger partial charge in [0.15, 0.2) is 0 Å². The van der Waals surface area contributed by atoms with E-state index in [0.29, 0.717) is 22.5 Å². The van der Waals surface area contributed by atoms with Gasteiger partial charge in [-0.25, -0.2) is 0 Å². The average molecular weight is 435 g/mol. The summed E-state index contributed by atoms with van der Waals surface area (Å²) in [5.74, 6) is 0. The molecule has 156 valence electrons. The van der Waals surface area contributed by atoms with Crippen LogP contribution >= 0.6 is 0 Å². The molecule has 1 heteroatoms. The molecule has 0 heterocycles. The zero-order valence-electron chi connectivity index (χ0n) is 30.2. The standard InChI is InChI=1S/C32H23N/c1-3-17-29-23(9-1)11-7-19-31(29)25-13-5-15-27(21-25)33-28-16-6-14-26(22-28)32-20-8-12-24-10-2-4-18-30(24)32/h1-22,33H/i1D,2D,3D,4D,7D,8D,9D,10D,11D,12D,17D,19D,20D. The van der Waals surface area contributed by atoms with Crippen LogP contribution in [0.25, 0.3) is 43.8 Å². The maximum atomic E-state index is 8.66. The summed E-state index contributed by atoms with van der Waals surface area (Å²) < 4.78 is 108. The Morgan fingerprint density at radius 2 is 1.03 bits per heavy atom. The lowest BCUT2D eigenvalue weighted by Gasteiger charge is -2.12. The van der Waals surface area contributed by atoms with Gasteiger partial charge in [0.1, 0.15) is 0 Å². The molecule has 0 atom stereocenters. The lowest BCUT2D eigenvalue weighted by atomic mass is 9.97. The summed E-state index contributed by atoms with van der Waals surface area (Å²) in [6, 6.07) is 9.77. The molecule has 0 amide bonds. The summed E-state index contributed by atoms with van der Waals surface area (Å²) in [6.07, 6.45) is 0. The molecule has 0 unspecified atom stereocenters. The molecule has 6 aromatic carbocycles. The number of benzene rings is 6. The second kappa shape index (κ2) is 8.29. The van der Waals surface area contributed by atoms with Gasteiger partial charge in [0, 0.05) is 11.4 Å². The molecular formula is C32H23N. The summed E-state index contributed by atoms with van der Waals surface area (Å²) in [4.78, 5) is 0. The monoisotopic (exact) mass is 434 g/mol. The minimum atomic E-state index is -0.527. The minimum absolute atomic E-state index is 0.0200. The Kier molecular flexibility index (Phi) is 2.53. The van der Waals surface area contributed by atoms with E-state index in [1.54, 1.807) is 48.5 Å². The first-order chi connectivity index (χ1) is 21.7. The smallest absolute Gasteiger partial charge is 0.0629 e. The fourth-order valence-electron chi connectivity index (χ4n) is 3.79. The number of nitrogens with one attached hydrogen (secondary N) is 1. The van der Waals surface area contributed by atoms with Gasteiger partial charge in [-0.05, 0) is 68.1 Å². The molecule has 0 radical (unpaired) electrons. The van der Waals surface area contributed by atoms with Gasteiger partial charge in [-0.3, -0.25) is 0 Å². The molecule has 0 saturated heterocycles. The molecule has 33 heavy (non-hydrogen) atoms. The highest BCUT2D eigenvalue weighted by atomic mass is 14.9. The average Bonchev–Trinajstić information content (AvgIpc) is 3.03. The van der Waals surface area contributed by atoms with Crippen molar-refractivity contribution in [3.8, 4) is 22.3 Å². The van der Waals surface area contributed by atoms with Crippen molar-refractivity contribution in [2.24, 2.45) is 0 Å². The molecule has 0 bridgehead atoms. The number of anilines is 2. The first-order valence-electron chi connectivity index (χ1n) is 16.7. The van der Waals surface area contributed by atoms with Gasteiger partial charge < -0.3 is 5.32 Å². The van der Waals surface area contributed by atoms with Crippen LogP contribution in [0.4, 0.5) is 11.4 Å². The summed E-state index contributed by atoms with van der Waals surface area (Å²) in [5.41, 5.74) is 2.25.